The molecule has 13 heteroatoms. The average molecular weight is 560 g/mol. The lowest BCUT2D eigenvalue weighted by Gasteiger charge is -2.14. The number of amides is 2. The van der Waals surface area contributed by atoms with Crippen molar-refractivity contribution >= 4 is 23.5 Å². The first kappa shape index (κ1) is 29.5. The van der Waals surface area contributed by atoms with Crippen LogP contribution in [0, 0.1) is 0 Å². The molecule has 0 aliphatic rings. The summed E-state index contributed by atoms with van der Waals surface area (Å²) in [5, 5.41) is 15.1. The number of hydrogen-bond acceptors (Lipinski definition) is 4. The fraction of sp³-hybridized carbons (Fsp3) is 0.111. The lowest BCUT2D eigenvalue weighted by molar-refractivity contribution is -0.137. The second kappa shape index (κ2) is 12.2. The van der Waals surface area contributed by atoms with Crippen molar-refractivity contribution in [2.75, 3.05) is 5.32 Å². The summed E-state index contributed by atoms with van der Waals surface area (Å²) < 4.78 is 63.2. The first-order valence-electron chi connectivity index (χ1n) is 11.3. The molecule has 8 nitrogen and oxygen atoms in total. The second-order valence-electron chi connectivity index (χ2n) is 8.22. The minimum atomic E-state index is -4.47. The number of benzene rings is 3. The van der Waals surface area contributed by atoms with E-state index >= 15 is 0 Å². The molecule has 0 saturated heterocycles. The maximum Gasteiger partial charge on any atom is 0.416 e. The molecule has 0 fully saturated rings. The van der Waals surface area contributed by atoms with Crippen molar-refractivity contribution in [3.63, 3.8) is 0 Å². The Hall–Kier alpha value is -5.07. The van der Waals surface area contributed by atoms with Gasteiger partial charge in [0.2, 0.25) is 5.91 Å². The number of primary amides is 1. The number of hydrogen-bond donors (Lipinski definition) is 3. The van der Waals surface area contributed by atoms with E-state index in [4.69, 9.17) is 10.8 Å². The van der Waals surface area contributed by atoms with Gasteiger partial charge in [-0.05, 0) is 48.0 Å². The number of aryl methyl sites for hydroxylation is 1. The number of aromatic nitrogens is 2. The largest absolute Gasteiger partial charge is 0.478 e. The molecule has 0 aliphatic carbocycles. The number of nitrogens with two attached hydrogens (primary N) is 1. The number of rotatable bonds is 6. The Morgan fingerprint density at radius 2 is 1.60 bits per heavy atom. The highest BCUT2D eigenvalue weighted by Gasteiger charge is 2.30. The number of para-hydroxylation sites is 1. The smallest absolute Gasteiger partial charge is 0.416 e. The Kier molecular flexibility index (Phi) is 8.99. The third kappa shape index (κ3) is 7.28. The van der Waals surface area contributed by atoms with E-state index in [0.717, 1.165) is 24.3 Å². The van der Waals surface area contributed by atoms with Crippen LogP contribution in [0.4, 0.5) is 27.6 Å². The van der Waals surface area contributed by atoms with Crippen molar-refractivity contribution in [2.24, 2.45) is 12.8 Å². The van der Waals surface area contributed by atoms with Crippen LogP contribution in [0.5, 0.6) is 0 Å². The van der Waals surface area contributed by atoms with E-state index in [9.17, 15) is 36.3 Å². The minimum Gasteiger partial charge on any atom is -0.478 e. The highest BCUT2D eigenvalue weighted by molar-refractivity contribution is 6.13. The predicted molar refractivity (Wildman–Crippen MR) is 135 cm³/mol. The van der Waals surface area contributed by atoms with E-state index in [0.29, 0.717) is 11.1 Å². The number of aromatic carboxylic acids is 1. The Bertz CT molecular complexity index is 1530. The topological polar surface area (TPSA) is 127 Å². The summed E-state index contributed by atoms with van der Waals surface area (Å²) in [4.78, 5) is 35.6. The highest BCUT2D eigenvalue weighted by atomic mass is 19.4. The monoisotopic (exact) mass is 560 g/mol. The summed E-state index contributed by atoms with van der Waals surface area (Å²) >= 11 is 0. The van der Waals surface area contributed by atoms with Crippen LogP contribution in [-0.2, 0) is 13.2 Å². The van der Waals surface area contributed by atoms with Gasteiger partial charge < -0.3 is 16.2 Å². The molecule has 4 N–H and O–H groups in total. The van der Waals surface area contributed by atoms with Crippen molar-refractivity contribution in [2.45, 2.75) is 12.6 Å². The summed E-state index contributed by atoms with van der Waals surface area (Å²) in [7, 11) is 1.60. The van der Waals surface area contributed by atoms with Crippen molar-refractivity contribution in [3.05, 3.63) is 107 Å². The number of carbonyl (C=O) groups is 3. The number of halogens is 5. The molecular weight excluding hydrogens is 539 g/mol. The molecule has 4 aromatic rings. The molecule has 0 saturated carbocycles. The van der Waals surface area contributed by atoms with E-state index in [1.165, 1.54) is 35.1 Å². The zero-order chi connectivity index (χ0) is 29.6. The standard InChI is InChI=1S/C22H15F3N2O4.C5H6F2N2/c23-22(24,25)14-8-5-12(6-9-14)15-3-1-2-4-18(15)27-20(29)16-10-7-13(21(30)31)11-17(16)19(26)28;1-9-3-2-4(8-9)5(6)7/h1-11H,(H2,26,28)(H,27,29)(H,30,31);2-3,5H,1H3. The van der Waals surface area contributed by atoms with Gasteiger partial charge in [-0.25, -0.2) is 13.6 Å². The fourth-order valence-electron chi connectivity index (χ4n) is 3.50. The van der Waals surface area contributed by atoms with Crippen molar-refractivity contribution < 1.29 is 41.4 Å². The third-order valence-electron chi connectivity index (χ3n) is 5.43. The lowest BCUT2D eigenvalue weighted by Crippen LogP contribution is -2.21. The molecule has 1 aromatic heterocycles. The SMILES string of the molecule is Cn1ccc(C(F)F)n1.NC(=O)c1cc(C(=O)O)ccc1C(=O)Nc1ccccc1-c1ccc(C(F)(F)F)cc1. The number of carbonyl (C=O) groups excluding carboxylic acids is 2. The molecule has 3 aromatic carbocycles. The molecule has 2 amide bonds. The van der Waals surface area contributed by atoms with Gasteiger partial charge in [-0.3, -0.25) is 14.3 Å². The minimum absolute atomic E-state index is 0.139. The average Bonchev–Trinajstić information content (AvgIpc) is 3.35. The van der Waals surface area contributed by atoms with Crippen molar-refractivity contribution in [1.82, 2.24) is 9.78 Å². The summed E-state index contributed by atoms with van der Waals surface area (Å²) in [5.74, 6) is -3.00. The first-order chi connectivity index (χ1) is 18.8. The van der Waals surface area contributed by atoms with Gasteiger partial charge in [0.15, 0.2) is 0 Å². The van der Waals surface area contributed by atoms with E-state index in [-0.39, 0.29) is 28.1 Å². The molecule has 0 unspecified atom stereocenters. The van der Waals surface area contributed by atoms with Crippen molar-refractivity contribution in [1.29, 1.82) is 0 Å². The summed E-state index contributed by atoms with van der Waals surface area (Å²) in [5.41, 5.74) is 4.85. The quantitative estimate of drug-likeness (QED) is 0.258. The number of carboxylic acid groups (broad SMARTS) is 1. The van der Waals surface area contributed by atoms with E-state index in [2.05, 4.69) is 10.4 Å². The van der Waals surface area contributed by atoms with Crippen molar-refractivity contribution in [3.8, 4) is 11.1 Å². The molecule has 0 spiro atoms. The van der Waals surface area contributed by atoms with Gasteiger partial charge in [0, 0.05) is 24.5 Å². The van der Waals surface area contributed by atoms with Gasteiger partial charge in [-0.2, -0.15) is 18.3 Å². The van der Waals surface area contributed by atoms with E-state index in [1.807, 2.05) is 0 Å². The molecule has 4 rings (SSSR count). The van der Waals surface area contributed by atoms with Gasteiger partial charge in [0.25, 0.3) is 12.3 Å². The van der Waals surface area contributed by atoms with Crippen LogP contribution in [-0.4, -0.2) is 32.7 Å². The predicted octanol–water partition coefficient (Wildman–Crippen LogP) is 5.78. The zero-order valence-electron chi connectivity index (χ0n) is 20.6. The second-order valence-corrected chi connectivity index (χ2v) is 8.22. The first-order valence-corrected chi connectivity index (χ1v) is 11.3. The normalized spacial score (nSPS) is 11.0. The number of alkyl halides is 5. The number of carboxylic acids is 1. The van der Waals surface area contributed by atoms with Crippen LogP contribution < -0.4 is 11.1 Å². The number of nitrogens with one attached hydrogen (secondary N) is 1. The van der Waals surface area contributed by atoms with Crippen LogP contribution in [0.3, 0.4) is 0 Å². The summed E-state index contributed by atoms with van der Waals surface area (Å²) in [6.07, 6.45) is -5.44. The maximum atomic E-state index is 12.8. The third-order valence-corrected chi connectivity index (χ3v) is 5.43. The Morgan fingerprint density at radius 1 is 0.950 bits per heavy atom. The molecular formula is C27H21F5N4O4. The Morgan fingerprint density at radius 3 is 2.10 bits per heavy atom. The molecule has 0 radical (unpaired) electrons. The summed E-state index contributed by atoms with van der Waals surface area (Å²) in [6, 6.07) is 15.5. The van der Waals surface area contributed by atoms with Gasteiger partial charge in [-0.15, -0.1) is 0 Å². The number of anilines is 1. The molecule has 0 bridgehead atoms. The van der Waals surface area contributed by atoms with Crippen LogP contribution in [0.2, 0.25) is 0 Å². The van der Waals surface area contributed by atoms with Gasteiger partial charge in [0.1, 0.15) is 5.69 Å². The zero-order valence-corrected chi connectivity index (χ0v) is 20.6. The number of nitrogens with zero attached hydrogens (tertiary/aromatic N) is 2. The summed E-state index contributed by atoms with van der Waals surface area (Å²) in [6.45, 7) is 0. The van der Waals surface area contributed by atoms with Crippen LogP contribution in [0.15, 0.2) is 79.0 Å². The molecule has 208 valence electrons. The molecule has 0 aliphatic heterocycles. The molecule has 1 heterocycles. The molecule has 40 heavy (non-hydrogen) atoms. The highest BCUT2D eigenvalue weighted by Crippen LogP contribution is 2.33. The van der Waals surface area contributed by atoms with Crippen LogP contribution >= 0.6 is 0 Å². The Balaban J connectivity index is 0.000000415. The van der Waals surface area contributed by atoms with E-state index < -0.39 is 35.9 Å². The fourth-order valence-corrected chi connectivity index (χ4v) is 3.50. The molecule has 0 atom stereocenters. The maximum absolute atomic E-state index is 12.8. The Labute approximate surface area is 223 Å². The van der Waals surface area contributed by atoms with Crippen LogP contribution in [0.25, 0.3) is 11.1 Å². The lowest BCUT2D eigenvalue weighted by atomic mass is 10.0. The van der Waals surface area contributed by atoms with Gasteiger partial charge >= 0.3 is 12.1 Å². The van der Waals surface area contributed by atoms with Gasteiger partial charge in [0.05, 0.1) is 22.3 Å². The van der Waals surface area contributed by atoms with Crippen LogP contribution in [0.1, 0.15) is 48.8 Å². The van der Waals surface area contributed by atoms with E-state index in [1.54, 1.807) is 31.3 Å². The van der Waals surface area contributed by atoms with Gasteiger partial charge in [-0.1, -0.05) is 30.3 Å².